The van der Waals surface area contributed by atoms with Gasteiger partial charge >= 0.3 is 0 Å². The zero-order valence-electron chi connectivity index (χ0n) is 8.19. The van der Waals surface area contributed by atoms with Crippen LogP contribution in [0.15, 0.2) is 22.8 Å². The molecule has 1 saturated heterocycles. The molecule has 1 fully saturated rings. The van der Waals surface area contributed by atoms with E-state index in [1.165, 1.54) is 0 Å². The molecule has 2 N–H and O–H groups in total. The van der Waals surface area contributed by atoms with Crippen LogP contribution in [0, 0.1) is 0 Å². The molecule has 0 spiro atoms. The Bertz CT molecular complexity index is 255. The Kier molecular flexibility index (Phi) is 3.18. The van der Waals surface area contributed by atoms with Crippen LogP contribution in [0.2, 0.25) is 0 Å². The highest BCUT2D eigenvalue weighted by Crippen LogP contribution is 2.20. The topological polar surface area (TPSA) is 51.6 Å². The molecule has 1 unspecified atom stereocenters. The Morgan fingerprint density at radius 1 is 1.43 bits per heavy atom. The van der Waals surface area contributed by atoms with Crippen molar-refractivity contribution in [2.75, 3.05) is 32.8 Å². The summed E-state index contributed by atoms with van der Waals surface area (Å²) in [6.07, 6.45) is 1.69. The molecule has 1 atom stereocenters. The van der Waals surface area contributed by atoms with Crippen LogP contribution >= 0.6 is 0 Å². The first-order chi connectivity index (χ1) is 6.92. The van der Waals surface area contributed by atoms with Gasteiger partial charge in [-0.25, -0.2) is 0 Å². The molecule has 4 nitrogen and oxygen atoms in total. The van der Waals surface area contributed by atoms with Crippen molar-refractivity contribution in [2.24, 2.45) is 5.73 Å². The van der Waals surface area contributed by atoms with E-state index in [0.717, 1.165) is 32.1 Å². The van der Waals surface area contributed by atoms with Gasteiger partial charge in [0.15, 0.2) is 0 Å². The number of rotatable bonds is 3. The van der Waals surface area contributed by atoms with E-state index in [0.29, 0.717) is 6.54 Å². The van der Waals surface area contributed by atoms with Crippen LogP contribution in [0.1, 0.15) is 11.8 Å². The van der Waals surface area contributed by atoms with Gasteiger partial charge in [-0.3, -0.25) is 4.90 Å². The molecular weight excluding hydrogens is 180 g/mol. The van der Waals surface area contributed by atoms with E-state index < -0.39 is 0 Å². The molecule has 0 aliphatic carbocycles. The predicted molar refractivity (Wildman–Crippen MR) is 52.9 cm³/mol. The van der Waals surface area contributed by atoms with Crippen LogP contribution < -0.4 is 5.73 Å². The van der Waals surface area contributed by atoms with Gasteiger partial charge in [-0.2, -0.15) is 0 Å². The zero-order valence-corrected chi connectivity index (χ0v) is 8.19. The summed E-state index contributed by atoms with van der Waals surface area (Å²) in [6, 6.07) is 4.08. The van der Waals surface area contributed by atoms with E-state index in [1.54, 1.807) is 6.26 Å². The van der Waals surface area contributed by atoms with E-state index in [2.05, 4.69) is 4.90 Å². The SMILES string of the molecule is NCC(c1ccco1)N1CCOCC1. The molecule has 0 amide bonds. The lowest BCUT2D eigenvalue weighted by atomic mass is 10.2. The van der Waals surface area contributed by atoms with Crippen molar-refractivity contribution in [3.05, 3.63) is 24.2 Å². The van der Waals surface area contributed by atoms with Crippen LogP contribution in [0.4, 0.5) is 0 Å². The number of morpholine rings is 1. The van der Waals surface area contributed by atoms with Gasteiger partial charge in [0.25, 0.3) is 0 Å². The molecular formula is C10H16N2O2. The summed E-state index contributed by atoms with van der Waals surface area (Å²) in [5.74, 6) is 0.953. The minimum absolute atomic E-state index is 0.203. The molecule has 0 aromatic carbocycles. The monoisotopic (exact) mass is 196 g/mol. The molecule has 2 rings (SSSR count). The number of hydrogen-bond acceptors (Lipinski definition) is 4. The molecule has 0 saturated carbocycles. The normalized spacial score (nSPS) is 20.9. The molecule has 1 aromatic rings. The maximum absolute atomic E-state index is 5.75. The minimum Gasteiger partial charge on any atom is -0.468 e. The van der Waals surface area contributed by atoms with E-state index in [1.807, 2.05) is 12.1 Å². The third-order valence-corrected chi connectivity index (χ3v) is 2.58. The molecule has 1 aliphatic rings. The third-order valence-electron chi connectivity index (χ3n) is 2.58. The van der Waals surface area contributed by atoms with Gasteiger partial charge in [0.05, 0.1) is 25.5 Å². The Labute approximate surface area is 83.6 Å². The third kappa shape index (κ3) is 1.97. The van der Waals surface area contributed by atoms with E-state index >= 15 is 0 Å². The van der Waals surface area contributed by atoms with E-state index in [4.69, 9.17) is 14.9 Å². The number of hydrogen-bond donors (Lipinski definition) is 1. The van der Waals surface area contributed by atoms with E-state index in [-0.39, 0.29) is 6.04 Å². The molecule has 1 aromatic heterocycles. The second kappa shape index (κ2) is 4.59. The van der Waals surface area contributed by atoms with Crippen LogP contribution in [0.25, 0.3) is 0 Å². The Morgan fingerprint density at radius 2 is 2.21 bits per heavy atom. The smallest absolute Gasteiger partial charge is 0.122 e. The predicted octanol–water partition coefficient (Wildman–Crippen LogP) is 0.612. The summed E-state index contributed by atoms with van der Waals surface area (Å²) >= 11 is 0. The first-order valence-electron chi connectivity index (χ1n) is 4.97. The molecule has 78 valence electrons. The lowest BCUT2D eigenvalue weighted by molar-refractivity contribution is 0.0136. The minimum atomic E-state index is 0.203. The van der Waals surface area contributed by atoms with Crippen molar-refractivity contribution in [2.45, 2.75) is 6.04 Å². The van der Waals surface area contributed by atoms with Crippen molar-refractivity contribution in [3.63, 3.8) is 0 Å². The Balaban J connectivity index is 2.04. The van der Waals surface area contributed by atoms with Crippen molar-refractivity contribution in [1.29, 1.82) is 0 Å². The van der Waals surface area contributed by atoms with Gasteiger partial charge in [0, 0.05) is 19.6 Å². The van der Waals surface area contributed by atoms with Crippen molar-refractivity contribution in [1.82, 2.24) is 4.90 Å². The summed E-state index contributed by atoms with van der Waals surface area (Å²) in [5, 5.41) is 0. The van der Waals surface area contributed by atoms with Gasteiger partial charge in [0.2, 0.25) is 0 Å². The van der Waals surface area contributed by atoms with Crippen LogP contribution in [-0.4, -0.2) is 37.7 Å². The highest BCUT2D eigenvalue weighted by Gasteiger charge is 2.22. The average molecular weight is 196 g/mol. The van der Waals surface area contributed by atoms with E-state index in [9.17, 15) is 0 Å². The molecule has 1 aliphatic heterocycles. The van der Waals surface area contributed by atoms with Crippen LogP contribution in [-0.2, 0) is 4.74 Å². The van der Waals surface area contributed by atoms with Crippen molar-refractivity contribution in [3.8, 4) is 0 Å². The summed E-state index contributed by atoms with van der Waals surface area (Å²) in [7, 11) is 0. The maximum Gasteiger partial charge on any atom is 0.122 e. The summed E-state index contributed by atoms with van der Waals surface area (Å²) in [4.78, 5) is 2.31. The zero-order chi connectivity index (χ0) is 9.80. The molecule has 2 heterocycles. The molecule has 4 heteroatoms. The standard InChI is InChI=1S/C10H16N2O2/c11-8-9(10-2-1-5-14-10)12-3-6-13-7-4-12/h1-2,5,9H,3-4,6-8,11H2. The second-order valence-electron chi connectivity index (χ2n) is 3.42. The lowest BCUT2D eigenvalue weighted by Gasteiger charge is -2.32. The summed E-state index contributed by atoms with van der Waals surface area (Å²) < 4.78 is 10.7. The quantitative estimate of drug-likeness (QED) is 0.769. The van der Waals surface area contributed by atoms with Gasteiger partial charge in [-0.05, 0) is 12.1 Å². The Hall–Kier alpha value is -0.840. The fourth-order valence-corrected chi connectivity index (χ4v) is 1.82. The fourth-order valence-electron chi connectivity index (χ4n) is 1.82. The molecule has 0 bridgehead atoms. The van der Waals surface area contributed by atoms with Crippen LogP contribution in [0.3, 0.4) is 0 Å². The van der Waals surface area contributed by atoms with Gasteiger partial charge < -0.3 is 14.9 Å². The van der Waals surface area contributed by atoms with Gasteiger partial charge in [-0.1, -0.05) is 0 Å². The number of nitrogens with zero attached hydrogens (tertiary/aromatic N) is 1. The number of ether oxygens (including phenoxy) is 1. The second-order valence-corrected chi connectivity index (χ2v) is 3.42. The summed E-state index contributed by atoms with van der Waals surface area (Å²) in [6.45, 7) is 4.03. The highest BCUT2D eigenvalue weighted by molar-refractivity contribution is 5.05. The van der Waals surface area contributed by atoms with Crippen LogP contribution in [0.5, 0.6) is 0 Å². The number of nitrogens with two attached hydrogens (primary N) is 1. The Morgan fingerprint density at radius 3 is 2.79 bits per heavy atom. The van der Waals surface area contributed by atoms with Crippen molar-refractivity contribution >= 4 is 0 Å². The highest BCUT2D eigenvalue weighted by atomic mass is 16.5. The maximum atomic E-state index is 5.75. The van der Waals surface area contributed by atoms with Gasteiger partial charge in [-0.15, -0.1) is 0 Å². The molecule has 14 heavy (non-hydrogen) atoms. The summed E-state index contributed by atoms with van der Waals surface area (Å²) in [5.41, 5.74) is 5.75. The molecule has 0 radical (unpaired) electrons. The van der Waals surface area contributed by atoms with Gasteiger partial charge in [0.1, 0.15) is 5.76 Å². The number of furan rings is 1. The fraction of sp³-hybridized carbons (Fsp3) is 0.600. The lowest BCUT2D eigenvalue weighted by Crippen LogP contribution is -2.41. The largest absolute Gasteiger partial charge is 0.468 e. The van der Waals surface area contributed by atoms with Crippen molar-refractivity contribution < 1.29 is 9.15 Å². The first kappa shape index (κ1) is 9.71. The average Bonchev–Trinajstić information content (AvgIpc) is 2.74. The first-order valence-corrected chi connectivity index (χ1v) is 4.97.